The van der Waals surface area contributed by atoms with Gasteiger partial charge in [-0.3, -0.25) is 0 Å². The van der Waals surface area contributed by atoms with Crippen LogP contribution >= 0.6 is 11.8 Å². The van der Waals surface area contributed by atoms with Crippen molar-refractivity contribution in [3.8, 4) is 11.5 Å². The first kappa shape index (κ1) is 16.8. The molecule has 0 radical (unpaired) electrons. The Balaban J connectivity index is 1.97. The normalized spacial score (nSPS) is 20.5. The molecule has 1 aliphatic heterocycles. The van der Waals surface area contributed by atoms with Gasteiger partial charge < -0.3 is 24.8 Å². The maximum atomic E-state index is 12.1. The summed E-state index contributed by atoms with van der Waals surface area (Å²) in [6.45, 7) is 0.481. The van der Waals surface area contributed by atoms with E-state index in [4.69, 9.17) is 14.2 Å². The number of benzene rings is 1. The molecule has 122 valence electrons. The molecule has 2 amide bonds. The van der Waals surface area contributed by atoms with E-state index in [0.717, 1.165) is 17.9 Å². The van der Waals surface area contributed by atoms with Crippen LogP contribution < -0.4 is 20.1 Å². The van der Waals surface area contributed by atoms with E-state index in [0.29, 0.717) is 23.7 Å². The summed E-state index contributed by atoms with van der Waals surface area (Å²) in [4.78, 5) is 12.1. The molecule has 1 heterocycles. The van der Waals surface area contributed by atoms with E-state index >= 15 is 0 Å². The summed E-state index contributed by atoms with van der Waals surface area (Å²) in [5, 5.41) is 5.65. The molecule has 7 heteroatoms. The summed E-state index contributed by atoms with van der Waals surface area (Å²) in [7, 11) is 4.79. The van der Waals surface area contributed by atoms with Gasteiger partial charge in [0, 0.05) is 19.4 Å². The quantitative estimate of drug-likeness (QED) is 0.840. The van der Waals surface area contributed by atoms with Gasteiger partial charge in [0.05, 0.1) is 25.5 Å². The van der Waals surface area contributed by atoms with Crippen LogP contribution in [0, 0.1) is 0 Å². The standard InChI is InChI=1S/C15H22N2O4S/c1-19-12-6-4-5-11(13(12)20-2)17-14(18)16-9-15(21-3)7-8-22-10-15/h4-6H,7-10H2,1-3H3,(H2,16,17,18)/t15-/m1/s1. The Labute approximate surface area is 134 Å². The molecule has 22 heavy (non-hydrogen) atoms. The lowest BCUT2D eigenvalue weighted by Crippen LogP contribution is -2.45. The van der Waals surface area contributed by atoms with Crippen molar-refractivity contribution in [3.05, 3.63) is 18.2 Å². The molecule has 0 saturated carbocycles. The Kier molecular flexibility index (Phi) is 5.79. The van der Waals surface area contributed by atoms with Crippen molar-refractivity contribution >= 4 is 23.5 Å². The number of anilines is 1. The molecule has 1 aliphatic rings. The van der Waals surface area contributed by atoms with E-state index in [2.05, 4.69) is 10.6 Å². The number of hydrogen-bond donors (Lipinski definition) is 2. The summed E-state index contributed by atoms with van der Waals surface area (Å²) in [6.07, 6.45) is 0.941. The molecule has 1 saturated heterocycles. The molecule has 6 nitrogen and oxygen atoms in total. The minimum atomic E-state index is -0.292. The summed E-state index contributed by atoms with van der Waals surface area (Å²) in [5.41, 5.74) is 0.298. The van der Waals surface area contributed by atoms with Crippen LogP contribution in [0.2, 0.25) is 0 Å². The molecule has 1 aromatic carbocycles. The van der Waals surface area contributed by atoms with Crippen LogP contribution in [0.3, 0.4) is 0 Å². The van der Waals surface area contributed by atoms with Gasteiger partial charge in [0.15, 0.2) is 11.5 Å². The van der Waals surface area contributed by atoms with Crippen molar-refractivity contribution < 1.29 is 19.0 Å². The van der Waals surface area contributed by atoms with E-state index in [1.54, 1.807) is 32.4 Å². The highest BCUT2D eigenvalue weighted by atomic mass is 32.2. The fourth-order valence-corrected chi connectivity index (χ4v) is 3.75. The third-order valence-corrected chi connectivity index (χ3v) is 4.95. The Morgan fingerprint density at radius 2 is 2.14 bits per heavy atom. The SMILES string of the molecule is COc1cccc(NC(=O)NC[C@]2(OC)CCSC2)c1OC. The van der Waals surface area contributed by atoms with Gasteiger partial charge in [-0.2, -0.15) is 11.8 Å². The summed E-state index contributed by atoms with van der Waals surface area (Å²) in [6, 6.07) is 5.04. The van der Waals surface area contributed by atoms with E-state index in [1.165, 1.54) is 7.11 Å². The van der Waals surface area contributed by atoms with Crippen molar-refractivity contribution in [2.24, 2.45) is 0 Å². The minimum absolute atomic E-state index is 0.263. The van der Waals surface area contributed by atoms with Crippen LogP contribution in [0.4, 0.5) is 10.5 Å². The number of urea groups is 1. The lowest BCUT2D eigenvalue weighted by atomic mass is 10.0. The van der Waals surface area contributed by atoms with Crippen LogP contribution in [-0.2, 0) is 4.74 Å². The highest BCUT2D eigenvalue weighted by Crippen LogP contribution is 2.34. The third-order valence-electron chi connectivity index (χ3n) is 3.72. The Morgan fingerprint density at radius 3 is 2.73 bits per heavy atom. The molecule has 1 fully saturated rings. The molecule has 1 aromatic rings. The van der Waals surface area contributed by atoms with Crippen LogP contribution in [-0.4, -0.2) is 51.0 Å². The number of carbonyl (C=O) groups is 1. The minimum Gasteiger partial charge on any atom is -0.493 e. The van der Waals surface area contributed by atoms with Gasteiger partial charge in [0.2, 0.25) is 0 Å². The fraction of sp³-hybridized carbons (Fsp3) is 0.533. The zero-order valence-corrected chi connectivity index (χ0v) is 13.9. The first-order valence-electron chi connectivity index (χ1n) is 7.03. The molecule has 0 spiro atoms. The summed E-state index contributed by atoms with van der Waals surface area (Å²) in [5.74, 6) is 3.02. The summed E-state index contributed by atoms with van der Waals surface area (Å²) >= 11 is 1.84. The van der Waals surface area contributed by atoms with Crippen LogP contribution in [0.5, 0.6) is 11.5 Å². The van der Waals surface area contributed by atoms with E-state index in [9.17, 15) is 4.79 Å². The first-order chi connectivity index (χ1) is 10.6. The van der Waals surface area contributed by atoms with Gasteiger partial charge in [0.25, 0.3) is 0 Å². The van der Waals surface area contributed by atoms with E-state index in [-0.39, 0.29) is 11.6 Å². The van der Waals surface area contributed by atoms with Gasteiger partial charge >= 0.3 is 6.03 Å². The molecule has 0 aromatic heterocycles. The van der Waals surface area contributed by atoms with E-state index < -0.39 is 0 Å². The second kappa shape index (κ2) is 7.60. The van der Waals surface area contributed by atoms with Gasteiger partial charge in [0.1, 0.15) is 0 Å². The topological polar surface area (TPSA) is 68.8 Å². The number of ether oxygens (including phenoxy) is 3. The Hall–Kier alpha value is -1.60. The average Bonchev–Trinajstić information content (AvgIpc) is 3.02. The second-order valence-electron chi connectivity index (χ2n) is 5.04. The number of rotatable bonds is 6. The molecule has 0 bridgehead atoms. The van der Waals surface area contributed by atoms with Crippen molar-refractivity contribution in [2.45, 2.75) is 12.0 Å². The zero-order chi connectivity index (χ0) is 16.0. The van der Waals surface area contributed by atoms with Crippen molar-refractivity contribution in [2.75, 3.05) is 44.7 Å². The van der Waals surface area contributed by atoms with Crippen molar-refractivity contribution in [1.82, 2.24) is 5.32 Å². The predicted molar refractivity (Wildman–Crippen MR) is 88.2 cm³/mol. The maximum absolute atomic E-state index is 12.1. The highest BCUT2D eigenvalue weighted by Gasteiger charge is 2.34. The molecule has 2 N–H and O–H groups in total. The van der Waals surface area contributed by atoms with Gasteiger partial charge in [-0.1, -0.05) is 6.07 Å². The third kappa shape index (κ3) is 3.78. The number of carbonyl (C=O) groups excluding carboxylic acids is 1. The molecular formula is C15H22N2O4S. The Bertz CT molecular complexity index is 518. The molecule has 2 rings (SSSR count). The zero-order valence-electron chi connectivity index (χ0n) is 13.1. The van der Waals surface area contributed by atoms with Gasteiger partial charge in [-0.15, -0.1) is 0 Å². The molecule has 1 atom stereocenters. The Morgan fingerprint density at radius 1 is 1.32 bits per heavy atom. The molecule has 0 aliphatic carbocycles. The monoisotopic (exact) mass is 326 g/mol. The van der Waals surface area contributed by atoms with Crippen molar-refractivity contribution in [3.63, 3.8) is 0 Å². The average molecular weight is 326 g/mol. The first-order valence-corrected chi connectivity index (χ1v) is 8.18. The lowest BCUT2D eigenvalue weighted by molar-refractivity contribution is 0.0161. The fourth-order valence-electron chi connectivity index (χ4n) is 2.35. The van der Waals surface area contributed by atoms with Gasteiger partial charge in [-0.25, -0.2) is 4.79 Å². The molecule has 0 unspecified atom stereocenters. The lowest BCUT2D eigenvalue weighted by Gasteiger charge is -2.26. The largest absolute Gasteiger partial charge is 0.493 e. The molecular weight excluding hydrogens is 304 g/mol. The number of amides is 2. The number of para-hydroxylation sites is 1. The van der Waals surface area contributed by atoms with Crippen LogP contribution in [0.25, 0.3) is 0 Å². The highest BCUT2D eigenvalue weighted by molar-refractivity contribution is 7.99. The second-order valence-corrected chi connectivity index (χ2v) is 6.14. The van der Waals surface area contributed by atoms with Gasteiger partial charge in [-0.05, 0) is 24.3 Å². The smallest absolute Gasteiger partial charge is 0.319 e. The number of methoxy groups -OCH3 is 3. The predicted octanol–water partition coefficient (Wildman–Crippen LogP) is 2.35. The number of thioether (sulfide) groups is 1. The number of hydrogen-bond acceptors (Lipinski definition) is 5. The maximum Gasteiger partial charge on any atom is 0.319 e. The van der Waals surface area contributed by atoms with Crippen molar-refractivity contribution in [1.29, 1.82) is 0 Å². The van der Waals surface area contributed by atoms with E-state index in [1.807, 2.05) is 11.8 Å². The summed E-state index contributed by atoms with van der Waals surface area (Å²) < 4.78 is 16.1. The number of nitrogens with one attached hydrogen (secondary N) is 2. The van der Waals surface area contributed by atoms with Crippen LogP contribution in [0.1, 0.15) is 6.42 Å². The van der Waals surface area contributed by atoms with Crippen LogP contribution in [0.15, 0.2) is 18.2 Å².